The quantitative estimate of drug-likeness (QED) is 0.458. The molecule has 9 heteroatoms. The Morgan fingerprint density at radius 3 is 2.16 bits per heavy atom. The van der Waals surface area contributed by atoms with Gasteiger partial charge in [0.05, 0.1) is 17.1 Å². The van der Waals surface area contributed by atoms with Crippen LogP contribution in [-0.2, 0) is 33.2 Å². The Kier molecular flexibility index (Phi) is 6.37. The molecule has 4 rings (SSSR count). The van der Waals surface area contributed by atoms with Crippen LogP contribution in [-0.4, -0.2) is 57.8 Å². The fourth-order valence-corrected chi connectivity index (χ4v) is 4.70. The summed E-state index contributed by atoms with van der Waals surface area (Å²) in [5, 5.41) is 0. The molecule has 2 heterocycles. The van der Waals surface area contributed by atoms with Gasteiger partial charge in [-0.2, -0.15) is 8.42 Å². The molecule has 8 nitrogen and oxygen atoms in total. The third-order valence-corrected chi connectivity index (χ3v) is 6.63. The highest BCUT2D eigenvalue weighted by atomic mass is 32.2. The number of fused-ring (bicyclic) bond motifs is 1. The van der Waals surface area contributed by atoms with Gasteiger partial charge in [0.2, 0.25) is 0 Å². The second kappa shape index (κ2) is 8.92. The van der Waals surface area contributed by atoms with Crippen LogP contribution in [0, 0.1) is 6.92 Å². The van der Waals surface area contributed by atoms with E-state index in [0.717, 1.165) is 5.56 Å². The van der Waals surface area contributed by atoms with Crippen molar-refractivity contribution in [2.24, 2.45) is 0 Å². The van der Waals surface area contributed by atoms with Gasteiger partial charge in [-0.3, -0.25) is 4.18 Å². The summed E-state index contributed by atoms with van der Waals surface area (Å²) in [6.45, 7) is 5.09. The number of ether oxygens (including phenoxy) is 4. The first-order chi connectivity index (χ1) is 15.1. The number of rotatable bonds is 7. The van der Waals surface area contributed by atoms with E-state index in [-0.39, 0.29) is 18.1 Å². The molecule has 2 aliphatic heterocycles. The van der Waals surface area contributed by atoms with Gasteiger partial charge < -0.3 is 18.9 Å². The van der Waals surface area contributed by atoms with Crippen LogP contribution in [0.3, 0.4) is 0 Å². The maximum absolute atomic E-state index is 12.6. The van der Waals surface area contributed by atoms with Gasteiger partial charge in [0.1, 0.15) is 31.0 Å². The van der Waals surface area contributed by atoms with Crippen molar-refractivity contribution in [2.75, 3.05) is 13.2 Å². The molecule has 0 N–H and O–H groups in total. The molecule has 2 aliphatic rings. The van der Waals surface area contributed by atoms with Crippen molar-refractivity contribution in [3.05, 3.63) is 65.7 Å². The lowest BCUT2D eigenvalue weighted by Gasteiger charge is -2.24. The molecular formula is C23H26O8S. The maximum Gasteiger partial charge on any atom is 0.338 e. The Bertz CT molecular complexity index is 1050. The molecule has 2 fully saturated rings. The average Bonchev–Trinajstić information content (AvgIpc) is 3.24. The second-order valence-corrected chi connectivity index (χ2v) is 9.91. The van der Waals surface area contributed by atoms with Crippen molar-refractivity contribution in [2.45, 2.75) is 55.9 Å². The van der Waals surface area contributed by atoms with E-state index in [1.165, 1.54) is 12.1 Å². The zero-order valence-corrected chi connectivity index (χ0v) is 18.9. The molecule has 0 amide bonds. The molecule has 2 aromatic rings. The number of aryl methyl sites for hydroxylation is 1. The highest BCUT2D eigenvalue weighted by molar-refractivity contribution is 7.86. The normalized spacial score (nSPS) is 26.6. The number of carbonyl (C=O) groups is 1. The van der Waals surface area contributed by atoms with E-state index in [2.05, 4.69) is 0 Å². The fraction of sp³-hybridized carbons (Fsp3) is 0.435. The lowest BCUT2D eigenvalue weighted by Crippen LogP contribution is -2.33. The van der Waals surface area contributed by atoms with Gasteiger partial charge in [-0.15, -0.1) is 0 Å². The predicted octanol–water partition coefficient (Wildman–Crippen LogP) is 2.84. The summed E-state index contributed by atoms with van der Waals surface area (Å²) in [6.07, 6.45) is -2.41. The minimum Gasteiger partial charge on any atom is -0.459 e. The van der Waals surface area contributed by atoms with Crippen LogP contribution in [0.15, 0.2) is 59.5 Å². The molecule has 172 valence electrons. The molecule has 4 atom stereocenters. The highest BCUT2D eigenvalue weighted by Gasteiger charge is 2.55. The number of hydrogen-bond acceptors (Lipinski definition) is 8. The first kappa shape index (κ1) is 22.9. The van der Waals surface area contributed by atoms with E-state index in [1.54, 1.807) is 50.2 Å². The number of benzene rings is 2. The van der Waals surface area contributed by atoms with Gasteiger partial charge in [-0.25, -0.2) is 4.79 Å². The SMILES string of the molecule is Cc1ccc(S(=O)(=O)OC[C@@H]2O[C@H](COC(=O)c3ccccc3)[C@H]3OC(C)(C)O[C@H]32)cc1. The van der Waals surface area contributed by atoms with Crippen LogP contribution in [0.1, 0.15) is 29.8 Å². The molecule has 0 unspecified atom stereocenters. The smallest absolute Gasteiger partial charge is 0.338 e. The monoisotopic (exact) mass is 462 g/mol. The molecule has 0 saturated carbocycles. The topological polar surface area (TPSA) is 97.4 Å². The van der Waals surface area contributed by atoms with Crippen LogP contribution < -0.4 is 0 Å². The number of carbonyl (C=O) groups excluding carboxylic acids is 1. The lowest BCUT2D eigenvalue weighted by molar-refractivity contribution is -0.192. The van der Waals surface area contributed by atoms with Crippen molar-refractivity contribution in [3.8, 4) is 0 Å². The summed E-state index contributed by atoms with van der Waals surface area (Å²) in [6, 6.07) is 15.0. The Morgan fingerprint density at radius 2 is 1.53 bits per heavy atom. The van der Waals surface area contributed by atoms with Crippen molar-refractivity contribution in [3.63, 3.8) is 0 Å². The molecule has 0 bridgehead atoms. The summed E-state index contributed by atoms with van der Waals surface area (Å²) in [5.74, 6) is -1.36. The molecule has 2 aromatic carbocycles. The molecule has 0 aliphatic carbocycles. The molecule has 2 saturated heterocycles. The maximum atomic E-state index is 12.6. The predicted molar refractivity (Wildman–Crippen MR) is 114 cm³/mol. The van der Waals surface area contributed by atoms with E-state index in [9.17, 15) is 13.2 Å². The largest absolute Gasteiger partial charge is 0.459 e. The molecule has 0 radical (unpaired) electrons. The first-order valence-corrected chi connectivity index (χ1v) is 11.7. The van der Waals surface area contributed by atoms with E-state index in [1.807, 2.05) is 13.0 Å². The minimum atomic E-state index is -3.96. The summed E-state index contributed by atoms with van der Waals surface area (Å²) in [7, 11) is -3.96. The van der Waals surface area contributed by atoms with Gasteiger partial charge in [0, 0.05) is 0 Å². The number of hydrogen-bond donors (Lipinski definition) is 0. The summed E-state index contributed by atoms with van der Waals surface area (Å²) in [5.41, 5.74) is 1.37. The van der Waals surface area contributed by atoms with E-state index in [0.29, 0.717) is 5.56 Å². The zero-order valence-electron chi connectivity index (χ0n) is 18.1. The van der Waals surface area contributed by atoms with Crippen LogP contribution in [0.2, 0.25) is 0 Å². The Morgan fingerprint density at radius 1 is 0.938 bits per heavy atom. The van der Waals surface area contributed by atoms with Gasteiger partial charge in [0.15, 0.2) is 5.79 Å². The van der Waals surface area contributed by atoms with Crippen LogP contribution >= 0.6 is 0 Å². The Labute approximate surface area is 187 Å². The Hall–Kier alpha value is -2.30. The molecule has 32 heavy (non-hydrogen) atoms. The van der Waals surface area contributed by atoms with Crippen molar-refractivity contribution >= 4 is 16.1 Å². The first-order valence-electron chi connectivity index (χ1n) is 10.3. The summed E-state index contributed by atoms with van der Waals surface area (Å²) in [4.78, 5) is 12.4. The van der Waals surface area contributed by atoms with Crippen molar-refractivity contribution < 1.29 is 36.3 Å². The minimum absolute atomic E-state index is 0.0600. The van der Waals surface area contributed by atoms with Gasteiger partial charge in [-0.05, 0) is 45.0 Å². The highest BCUT2D eigenvalue weighted by Crippen LogP contribution is 2.39. The van der Waals surface area contributed by atoms with Gasteiger partial charge in [0.25, 0.3) is 10.1 Å². The van der Waals surface area contributed by atoms with Crippen molar-refractivity contribution in [1.82, 2.24) is 0 Å². The van der Waals surface area contributed by atoms with Crippen molar-refractivity contribution in [1.29, 1.82) is 0 Å². The Balaban J connectivity index is 1.41. The molecule has 0 spiro atoms. The fourth-order valence-electron chi connectivity index (χ4n) is 3.78. The summed E-state index contributed by atoms with van der Waals surface area (Å²) >= 11 is 0. The van der Waals surface area contributed by atoms with Crippen LogP contribution in [0.25, 0.3) is 0 Å². The number of esters is 1. The van der Waals surface area contributed by atoms with Gasteiger partial charge >= 0.3 is 5.97 Å². The van der Waals surface area contributed by atoms with Gasteiger partial charge in [-0.1, -0.05) is 35.9 Å². The van der Waals surface area contributed by atoms with Crippen LogP contribution in [0.4, 0.5) is 0 Å². The third-order valence-electron chi connectivity index (χ3n) is 5.33. The van der Waals surface area contributed by atoms with E-state index in [4.69, 9.17) is 23.1 Å². The van der Waals surface area contributed by atoms with E-state index >= 15 is 0 Å². The van der Waals surface area contributed by atoms with Crippen LogP contribution in [0.5, 0.6) is 0 Å². The lowest BCUT2D eigenvalue weighted by atomic mass is 10.1. The molecular weight excluding hydrogens is 436 g/mol. The summed E-state index contributed by atoms with van der Waals surface area (Å²) < 4.78 is 53.6. The standard InChI is InChI=1S/C23H26O8S/c1-15-9-11-17(12-10-15)32(25,26)28-14-19-21-20(30-23(2,3)31-21)18(29-19)13-27-22(24)16-7-5-4-6-8-16/h4-12,18-21H,13-14H2,1-3H3/t18-,19+,20-,21+/m1/s1. The zero-order chi connectivity index (χ0) is 22.9. The third kappa shape index (κ3) is 5.02. The second-order valence-electron chi connectivity index (χ2n) is 8.29. The molecule has 0 aromatic heterocycles. The average molecular weight is 463 g/mol. The van der Waals surface area contributed by atoms with E-state index < -0.39 is 46.3 Å².